The lowest BCUT2D eigenvalue weighted by molar-refractivity contribution is -0.123. The maximum absolute atomic E-state index is 11.6. The van der Waals surface area contributed by atoms with Crippen molar-refractivity contribution in [3.8, 4) is 0 Å². The summed E-state index contributed by atoms with van der Waals surface area (Å²) in [5, 5.41) is 1.73. The van der Waals surface area contributed by atoms with E-state index >= 15 is 0 Å². The van der Waals surface area contributed by atoms with Crippen LogP contribution in [0.3, 0.4) is 0 Å². The Morgan fingerprint density at radius 3 is 2.77 bits per heavy atom. The number of hydrogen-bond donors (Lipinski definition) is 1. The van der Waals surface area contributed by atoms with Gasteiger partial charge < -0.3 is 5.32 Å². The van der Waals surface area contributed by atoms with Gasteiger partial charge in [0.25, 0.3) is 5.91 Å². The third-order valence-electron chi connectivity index (χ3n) is 1.11. The van der Waals surface area contributed by atoms with E-state index in [4.69, 9.17) is 0 Å². The summed E-state index contributed by atoms with van der Waals surface area (Å²) in [6.07, 6.45) is -3.16. The van der Waals surface area contributed by atoms with Crippen LogP contribution >= 0.6 is 11.3 Å². The van der Waals surface area contributed by atoms with E-state index < -0.39 is 18.6 Å². The second kappa shape index (κ2) is 3.73. The van der Waals surface area contributed by atoms with Crippen LogP contribution in [0.4, 0.5) is 13.2 Å². The molecule has 0 aromatic carbocycles. The predicted octanol–water partition coefficient (Wildman–Crippen LogP) is 1.44. The van der Waals surface area contributed by atoms with Crippen LogP contribution in [0.25, 0.3) is 0 Å². The predicted molar refractivity (Wildman–Crippen MR) is 40.5 cm³/mol. The molecule has 1 heterocycles. The van der Waals surface area contributed by atoms with Gasteiger partial charge in [-0.2, -0.15) is 13.2 Å². The fraction of sp³-hybridized carbons (Fsp3) is 0.333. The Labute approximate surface area is 75.6 Å². The van der Waals surface area contributed by atoms with Crippen molar-refractivity contribution >= 4 is 17.2 Å². The number of thiazole rings is 1. The Balaban J connectivity index is 2.44. The topological polar surface area (TPSA) is 42.0 Å². The van der Waals surface area contributed by atoms with E-state index in [1.807, 2.05) is 0 Å². The summed E-state index contributed by atoms with van der Waals surface area (Å²) in [7, 11) is 0. The van der Waals surface area contributed by atoms with Crippen LogP contribution in [0.5, 0.6) is 0 Å². The molecule has 1 N–H and O–H groups in total. The summed E-state index contributed by atoms with van der Waals surface area (Å²) < 4.78 is 34.9. The first kappa shape index (κ1) is 9.97. The highest BCUT2D eigenvalue weighted by Gasteiger charge is 2.28. The molecule has 0 aliphatic carbocycles. The van der Waals surface area contributed by atoms with Crippen LogP contribution < -0.4 is 5.32 Å². The van der Waals surface area contributed by atoms with Crippen molar-refractivity contribution in [1.29, 1.82) is 0 Å². The maximum atomic E-state index is 11.6. The van der Waals surface area contributed by atoms with Gasteiger partial charge in [-0.25, -0.2) is 0 Å². The quantitative estimate of drug-likeness (QED) is 0.802. The van der Waals surface area contributed by atoms with Gasteiger partial charge in [0.1, 0.15) is 11.4 Å². The van der Waals surface area contributed by atoms with E-state index in [1.54, 1.807) is 5.32 Å². The van der Waals surface area contributed by atoms with Gasteiger partial charge in [0.2, 0.25) is 0 Å². The third kappa shape index (κ3) is 3.41. The Kier molecular flexibility index (Phi) is 2.86. The van der Waals surface area contributed by atoms with E-state index in [2.05, 4.69) is 4.98 Å². The van der Waals surface area contributed by atoms with Crippen molar-refractivity contribution in [2.75, 3.05) is 6.54 Å². The molecule has 1 aromatic rings. The van der Waals surface area contributed by atoms with Gasteiger partial charge in [-0.15, -0.1) is 11.3 Å². The van der Waals surface area contributed by atoms with E-state index in [0.717, 1.165) is 11.3 Å². The molecule has 0 aliphatic heterocycles. The van der Waals surface area contributed by atoms with Gasteiger partial charge in [-0.1, -0.05) is 0 Å². The summed E-state index contributed by atoms with van der Waals surface area (Å²) >= 11 is 0.991. The molecule has 0 fully saturated rings. The molecule has 0 bridgehead atoms. The number of amides is 1. The number of carbonyl (C=O) groups excluding carboxylic acids is 1. The van der Waals surface area contributed by atoms with Gasteiger partial charge in [-0.05, 0) is 0 Å². The molecule has 0 saturated carbocycles. The molecule has 1 rings (SSSR count). The van der Waals surface area contributed by atoms with Crippen LogP contribution in [-0.4, -0.2) is 23.6 Å². The highest BCUT2D eigenvalue weighted by Crippen LogP contribution is 2.13. The molecule has 0 unspecified atom stereocenters. The van der Waals surface area contributed by atoms with Crippen LogP contribution in [0.15, 0.2) is 11.7 Å². The highest BCUT2D eigenvalue weighted by molar-refractivity contribution is 7.11. The molecule has 3 nitrogen and oxygen atoms in total. The van der Waals surface area contributed by atoms with Crippen LogP contribution in [0, 0.1) is 0 Å². The summed E-state index contributed by atoms with van der Waals surface area (Å²) in [6.45, 7) is -1.32. The summed E-state index contributed by atoms with van der Waals surface area (Å²) in [5.74, 6) is -0.750. The standard InChI is InChI=1S/C6H5F3N2OS/c7-6(8,9)2-11-5(12)4-1-10-3-13-4/h1,3H,2H2,(H,11,12). The number of rotatable bonds is 2. The minimum absolute atomic E-state index is 0.171. The number of halogens is 3. The molecule has 1 amide bonds. The molecular formula is C6H5F3N2OS. The van der Waals surface area contributed by atoms with E-state index in [-0.39, 0.29) is 4.88 Å². The average Bonchev–Trinajstić information content (AvgIpc) is 2.50. The molecule has 7 heteroatoms. The van der Waals surface area contributed by atoms with Gasteiger partial charge in [0.15, 0.2) is 0 Å². The Hall–Kier alpha value is -1.11. The molecule has 0 aliphatic rings. The maximum Gasteiger partial charge on any atom is 0.405 e. The number of carbonyl (C=O) groups is 1. The first-order valence-corrected chi connectivity index (χ1v) is 4.10. The summed E-state index contributed by atoms with van der Waals surface area (Å²) in [5.41, 5.74) is 1.38. The Bertz CT molecular complexity index is 283. The number of nitrogens with zero attached hydrogens (tertiary/aromatic N) is 1. The van der Waals surface area contributed by atoms with E-state index in [9.17, 15) is 18.0 Å². The largest absolute Gasteiger partial charge is 0.405 e. The lowest BCUT2D eigenvalue weighted by atomic mass is 10.5. The van der Waals surface area contributed by atoms with E-state index in [0.29, 0.717) is 0 Å². The normalized spacial score (nSPS) is 11.3. The van der Waals surface area contributed by atoms with Crippen molar-refractivity contribution in [2.45, 2.75) is 6.18 Å². The van der Waals surface area contributed by atoms with Crippen LogP contribution in [0.2, 0.25) is 0 Å². The smallest absolute Gasteiger partial charge is 0.342 e. The lowest BCUT2D eigenvalue weighted by Crippen LogP contribution is -2.33. The molecule has 72 valence electrons. The zero-order chi connectivity index (χ0) is 9.90. The van der Waals surface area contributed by atoms with Crippen molar-refractivity contribution in [2.24, 2.45) is 0 Å². The fourth-order valence-corrected chi connectivity index (χ4v) is 1.13. The number of nitrogens with one attached hydrogen (secondary N) is 1. The molecule has 0 radical (unpaired) electrons. The van der Waals surface area contributed by atoms with Gasteiger partial charge >= 0.3 is 6.18 Å². The molecule has 13 heavy (non-hydrogen) atoms. The fourth-order valence-electron chi connectivity index (χ4n) is 0.596. The molecule has 0 atom stereocenters. The molecule has 0 saturated heterocycles. The molecule has 1 aromatic heterocycles. The van der Waals surface area contributed by atoms with Crippen LogP contribution in [0.1, 0.15) is 9.67 Å². The van der Waals surface area contributed by atoms with Crippen molar-refractivity contribution in [1.82, 2.24) is 10.3 Å². The third-order valence-corrected chi connectivity index (χ3v) is 1.88. The van der Waals surface area contributed by atoms with Crippen molar-refractivity contribution < 1.29 is 18.0 Å². The Morgan fingerprint density at radius 1 is 1.62 bits per heavy atom. The summed E-state index contributed by atoms with van der Waals surface area (Å²) in [4.78, 5) is 14.6. The number of aromatic nitrogens is 1. The second-order valence-corrected chi connectivity index (χ2v) is 3.05. The molecular weight excluding hydrogens is 205 g/mol. The number of hydrogen-bond acceptors (Lipinski definition) is 3. The van der Waals surface area contributed by atoms with Crippen molar-refractivity contribution in [3.63, 3.8) is 0 Å². The zero-order valence-electron chi connectivity index (χ0n) is 6.26. The van der Waals surface area contributed by atoms with Gasteiger partial charge in [-0.3, -0.25) is 9.78 Å². The first-order chi connectivity index (χ1) is 5.99. The SMILES string of the molecule is O=C(NCC(F)(F)F)c1cncs1. The van der Waals surface area contributed by atoms with Crippen molar-refractivity contribution in [3.05, 3.63) is 16.6 Å². The minimum Gasteiger partial charge on any atom is -0.342 e. The number of alkyl halides is 3. The van der Waals surface area contributed by atoms with Crippen LogP contribution in [-0.2, 0) is 0 Å². The average molecular weight is 210 g/mol. The van der Waals surface area contributed by atoms with E-state index in [1.165, 1.54) is 11.7 Å². The first-order valence-electron chi connectivity index (χ1n) is 3.22. The van der Waals surface area contributed by atoms with Gasteiger partial charge in [0, 0.05) is 0 Å². The highest BCUT2D eigenvalue weighted by atomic mass is 32.1. The van der Waals surface area contributed by atoms with Gasteiger partial charge in [0.05, 0.1) is 11.7 Å². The lowest BCUT2D eigenvalue weighted by Gasteiger charge is -2.06. The minimum atomic E-state index is -4.37. The second-order valence-electron chi connectivity index (χ2n) is 2.16. The zero-order valence-corrected chi connectivity index (χ0v) is 7.08. The monoisotopic (exact) mass is 210 g/mol. The summed E-state index contributed by atoms with van der Waals surface area (Å²) in [6, 6.07) is 0. The Morgan fingerprint density at radius 2 is 2.31 bits per heavy atom. The molecule has 0 spiro atoms.